The van der Waals surface area contributed by atoms with Crippen molar-refractivity contribution in [1.82, 2.24) is 0 Å². The molecule has 1 N–H and O–H groups in total. The van der Waals surface area contributed by atoms with Crippen LogP contribution in [0.25, 0.3) is 0 Å². The molecule has 5 nitrogen and oxygen atoms in total. The van der Waals surface area contributed by atoms with Crippen LogP contribution >= 0.6 is 11.6 Å². The van der Waals surface area contributed by atoms with E-state index in [1.54, 1.807) is 43.3 Å². The summed E-state index contributed by atoms with van der Waals surface area (Å²) in [4.78, 5) is 36.9. The minimum atomic E-state index is -3.96. The minimum absolute atomic E-state index is 0.118. The molecule has 0 saturated carbocycles. The number of carboxylic acids is 1. The van der Waals surface area contributed by atoms with Crippen LogP contribution in [0.15, 0.2) is 36.4 Å². The highest BCUT2D eigenvalue weighted by atomic mass is 35.5. The molecule has 1 aliphatic heterocycles. The number of anilines is 1. The molecular formula is C20H17ClF3NO4. The van der Waals surface area contributed by atoms with Gasteiger partial charge in [0.1, 0.15) is 0 Å². The van der Waals surface area contributed by atoms with Gasteiger partial charge in [0.05, 0.1) is 28.3 Å². The number of carboxylic acid groups (broad SMARTS) is 1. The second kappa shape index (κ2) is 8.65. The smallest absolute Gasteiger partial charge is 0.388 e. The van der Waals surface area contributed by atoms with Crippen LogP contribution in [0.1, 0.15) is 45.2 Å². The number of carbonyl (C=O) groups excluding carboxylic acids is 2. The molecule has 2 aromatic carbocycles. The van der Waals surface area contributed by atoms with Gasteiger partial charge in [-0.25, -0.2) is 4.90 Å². The second-order valence-corrected chi connectivity index (χ2v) is 6.67. The topological polar surface area (TPSA) is 74.7 Å². The van der Waals surface area contributed by atoms with Crippen LogP contribution in [-0.4, -0.2) is 29.1 Å². The van der Waals surface area contributed by atoms with E-state index >= 15 is 0 Å². The summed E-state index contributed by atoms with van der Waals surface area (Å²) in [5.74, 6) is -1.83. The maximum absolute atomic E-state index is 12.6. The number of aryl methyl sites for hydroxylation is 1. The molecule has 0 radical (unpaired) electrons. The minimum Gasteiger partial charge on any atom is -0.481 e. The number of benzene rings is 2. The zero-order valence-corrected chi connectivity index (χ0v) is 16.3. The Bertz CT molecular complexity index is 914. The lowest BCUT2D eigenvalue weighted by molar-refractivity contribution is -0.136. The van der Waals surface area contributed by atoms with E-state index < -0.39 is 30.4 Å². The van der Waals surface area contributed by atoms with Gasteiger partial charge >= 0.3 is 12.1 Å². The molecule has 0 bridgehead atoms. The molecule has 1 aliphatic rings. The number of fused-ring (bicyclic) bond motifs is 1. The predicted octanol–water partition coefficient (Wildman–Crippen LogP) is 5.03. The van der Waals surface area contributed by atoms with Gasteiger partial charge in [-0.3, -0.25) is 14.4 Å². The van der Waals surface area contributed by atoms with E-state index in [1.807, 2.05) is 0 Å². The summed E-state index contributed by atoms with van der Waals surface area (Å²) < 4.78 is 32.4. The Balaban J connectivity index is 0.000000438. The molecule has 0 unspecified atom stereocenters. The summed E-state index contributed by atoms with van der Waals surface area (Å²) in [6, 6.07) is 9.58. The van der Waals surface area contributed by atoms with E-state index in [0.29, 0.717) is 22.4 Å². The Morgan fingerprint density at radius 1 is 1.03 bits per heavy atom. The number of amides is 2. The quantitative estimate of drug-likeness (QED) is 0.697. The molecule has 0 atom stereocenters. The molecule has 1 heterocycles. The lowest BCUT2D eigenvalue weighted by atomic mass is 10.0. The van der Waals surface area contributed by atoms with Crippen molar-refractivity contribution in [1.29, 1.82) is 0 Å². The van der Waals surface area contributed by atoms with Crippen molar-refractivity contribution >= 4 is 35.1 Å². The summed E-state index contributed by atoms with van der Waals surface area (Å²) in [6.07, 6.45) is -4.81. The fourth-order valence-electron chi connectivity index (χ4n) is 2.65. The maximum atomic E-state index is 12.6. The lowest BCUT2D eigenvalue weighted by Gasteiger charge is -2.14. The van der Waals surface area contributed by atoms with E-state index in [4.69, 9.17) is 16.7 Å². The van der Waals surface area contributed by atoms with Crippen molar-refractivity contribution in [2.75, 3.05) is 4.90 Å². The zero-order valence-electron chi connectivity index (χ0n) is 15.5. The molecule has 9 heteroatoms. The molecule has 0 spiro atoms. The first-order chi connectivity index (χ1) is 13.5. The molecule has 0 aliphatic carbocycles. The largest absolute Gasteiger partial charge is 0.481 e. The van der Waals surface area contributed by atoms with Crippen LogP contribution in [0.3, 0.4) is 0 Å². The van der Waals surface area contributed by atoms with Crippen molar-refractivity contribution in [2.45, 2.75) is 32.9 Å². The number of aliphatic carboxylic acids is 1. The third-order valence-corrected chi connectivity index (χ3v) is 4.46. The van der Waals surface area contributed by atoms with E-state index in [-0.39, 0.29) is 17.0 Å². The Kier molecular flexibility index (Phi) is 6.69. The van der Waals surface area contributed by atoms with Gasteiger partial charge in [-0.1, -0.05) is 36.7 Å². The van der Waals surface area contributed by atoms with Gasteiger partial charge in [-0.2, -0.15) is 13.2 Å². The SMILES string of the molecule is CCC(F)(F)F.Cc1ccc(Cl)c2c1C(=O)N(c1ccc(CC(=O)O)cc1)C2=O. The first kappa shape index (κ1) is 22.4. The Morgan fingerprint density at radius 3 is 2.00 bits per heavy atom. The summed E-state index contributed by atoms with van der Waals surface area (Å²) in [5, 5.41) is 9.02. The normalized spacial score (nSPS) is 13.1. The van der Waals surface area contributed by atoms with E-state index in [1.165, 1.54) is 0 Å². The lowest BCUT2D eigenvalue weighted by Crippen LogP contribution is -2.29. The molecule has 0 saturated heterocycles. The van der Waals surface area contributed by atoms with Crippen LogP contribution in [-0.2, 0) is 11.2 Å². The third kappa shape index (κ3) is 5.14. The van der Waals surface area contributed by atoms with Crippen molar-refractivity contribution in [3.05, 3.63) is 63.7 Å². The molecule has 3 rings (SSSR count). The van der Waals surface area contributed by atoms with Gasteiger partial charge < -0.3 is 5.11 Å². The first-order valence-corrected chi connectivity index (χ1v) is 8.89. The molecular weight excluding hydrogens is 411 g/mol. The molecule has 0 aromatic heterocycles. The summed E-state index contributed by atoms with van der Waals surface area (Å²) >= 11 is 6.07. The number of rotatable bonds is 3. The van der Waals surface area contributed by atoms with E-state index in [9.17, 15) is 27.6 Å². The Hall–Kier alpha value is -2.87. The number of halogens is 4. The monoisotopic (exact) mass is 427 g/mol. The third-order valence-electron chi connectivity index (χ3n) is 4.15. The Labute approximate surface area is 169 Å². The van der Waals surface area contributed by atoms with Crippen molar-refractivity contribution in [3.63, 3.8) is 0 Å². The number of alkyl halides is 3. The van der Waals surface area contributed by atoms with Crippen molar-refractivity contribution in [2.24, 2.45) is 0 Å². The van der Waals surface area contributed by atoms with Gasteiger partial charge in [0, 0.05) is 6.42 Å². The standard InChI is InChI=1S/C17H12ClNO4.C3H5F3/c1-9-2-7-12(18)15-14(9)16(22)19(17(15)23)11-5-3-10(4-6-11)8-13(20)21;1-2-3(4,5)6/h2-7H,8H2,1H3,(H,20,21);2H2,1H3. The highest BCUT2D eigenvalue weighted by Crippen LogP contribution is 2.34. The average Bonchev–Trinajstić information content (AvgIpc) is 2.90. The number of carbonyl (C=O) groups is 3. The van der Waals surface area contributed by atoms with Gasteiger partial charge in [-0.15, -0.1) is 0 Å². The zero-order chi connectivity index (χ0) is 21.9. The second-order valence-electron chi connectivity index (χ2n) is 6.27. The van der Waals surface area contributed by atoms with E-state index in [2.05, 4.69) is 0 Å². The van der Waals surface area contributed by atoms with E-state index in [0.717, 1.165) is 11.8 Å². The predicted molar refractivity (Wildman–Crippen MR) is 101 cm³/mol. The molecule has 2 aromatic rings. The fourth-order valence-corrected chi connectivity index (χ4v) is 2.89. The van der Waals surface area contributed by atoms with Crippen LogP contribution < -0.4 is 4.90 Å². The highest BCUT2D eigenvalue weighted by Gasteiger charge is 2.39. The van der Waals surface area contributed by atoms with Gasteiger partial charge in [0.15, 0.2) is 0 Å². The number of nitrogens with zero attached hydrogens (tertiary/aromatic N) is 1. The van der Waals surface area contributed by atoms with Crippen molar-refractivity contribution < 1.29 is 32.7 Å². The molecule has 29 heavy (non-hydrogen) atoms. The fraction of sp³-hybridized carbons (Fsp3) is 0.250. The number of imide groups is 1. The molecule has 0 fully saturated rings. The van der Waals surface area contributed by atoms with Crippen LogP contribution in [0.4, 0.5) is 18.9 Å². The number of hydrogen-bond donors (Lipinski definition) is 1. The van der Waals surface area contributed by atoms with Gasteiger partial charge in [0.25, 0.3) is 11.8 Å². The maximum Gasteiger partial charge on any atom is 0.388 e. The number of hydrogen-bond acceptors (Lipinski definition) is 3. The summed E-state index contributed by atoms with van der Waals surface area (Å²) in [6.45, 7) is 2.83. The summed E-state index contributed by atoms with van der Waals surface area (Å²) in [5.41, 5.74) is 2.20. The Morgan fingerprint density at radius 2 is 1.55 bits per heavy atom. The first-order valence-electron chi connectivity index (χ1n) is 8.51. The van der Waals surface area contributed by atoms with Crippen LogP contribution in [0, 0.1) is 6.92 Å². The van der Waals surface area contributed by atoms with Crippen LogP contribution in [0.5, 0.6) is 0 Å². The average molecular weight is 428 g/mol. The van der Waals surface area contributed by atoms with Gasteiger partial charge in [-0.05, 0) is 36.2 Å². The highest BCUT2D eigenvalue weighted by molar-refractivity contribution is 6.42. The summed E-state index contributed by atoms with van der Waals surface area (Å²) in [7, 11) is 0. The van der Waals surface area contributed by atoms with Crippen LogP contribution in [0.2, 0.25) is 5.02 Å². The molecule has 2 amide bonds. The van der Waals surface area contributed by atoms with Gasteiger partial charge in [0.2, 0.25) is 0 Å². The van der Waals surface area contributed by atoms with Crippen molar-refractivity contribution in [3.8, 4) is 0 Å². The molecule has 154 valence electrons.